The zero-order chi connectivity index (χ0) is 30.3. The molecule has 220 valence electrons. The Morgan fingerprint density at radius 3 is 2.44 bits per heavy atom. The Morgan fingerprint density at radius 2 is 1.67 bits per heavy atom. The molecule has 1 heterocycles. The molecule has 0 bridgehead atoms. The molecule has 1 unspecified atom stereocenters. The molecule has 7 heteroatoms. The molecule has 4 aromatic carbocycles. The fraction of sp³-hybridized carbons (Fsp3) is 0.222. The number of pyridine rings is 1. The van der Waals surface area contributed by atoms with Crippen LogP contribution in [0.2, 0.25) is 0 Å². The molecule has 0 aliphatic heterocycles. The fourth-order valence-corrected chi connectivity index (χ4v) is 5.18. The number of nitrogens with one attached hydrogen (secondary N) is 2. The molecule has 1 aromatic heterocycles. The second-order valence-electron chi connectivity index (χ2n) is 10.7. The number of anilines is 2. The lowest BCUT2D eigenvalue weighted by molar-refractivity contribution is -0.122. The summed E-state index contributed by atoms with van der Waals surface area (Å²) in [6, 6.07) is 29.1. The average molecular weight is 575 g/mol. The van der Waals surface area contributed by atoms with E-state index in [1.807, 2.05) is 87.5 Å². The number of amides is 1. The normalized spacial score (nSPS) is 11.7. The highest BCUT2D eigenvalue weighted by Gasteiger charge is 2.23. The van der Waals surface area contributed by atoms with E-state index >= 15 is 0 Å². The lowest BCUT2D eigenvalue weighted by Gasteiger charge is -2.23. The van der Waals surface area contributed by atoms with Gasteiger partial charge in [-0.25, -0.2) is 4.98 Å². The van der Waals surface area contributed by atoms with Gasteiger partial charge in [-0.2, -0.15) is 0 Å². The summed E-state index contributed by atoms with van der Waals surface area (Å²) in [5.74, 6) is 1.53. The van der Waals surface area contributed by atoms with Gasteiger partial charge in [0.05, 0.1) is 12.7 Å². The molecular weight excluding hydrogens is 536 g/mol. The Balaban J connectivity index is 1.48. The Kier molecular flexibility index (Phi) is 9.11. The maximum Gasteiger partial charge on any atom is 0.247 e. The summed E-state index contributed by atoms with van der Waals surface area (Å²) < 4.78 is 11.9. The van der Waals surface area contributed by atoms with Gasteiger partial charge in [0, 0.05) is 23.8 Å². The summed E-state index contributed by atoms with van der Waals surface area (Å²) >= 11 is 0. The van der Waals surface area contributed by atoms with E-state index < -0.39 is 6.04 Å². The highest BCUT2D eigenvalue weighted by Crippen LogP contribution is 2.34. The first kappa shape index (κ1) is 29.5. The van der Waals surface area contributed by atoms with Crippen LogP contribution in [0.3, 0.4) is 0 Å². The topological polar surface area (TPSA) is 98.5 Å². The Bertz CT molecular complexity index is 1730. The van der Waals surface area contributed by atoms with Crippen molar-refractivity contribution in [2.75, 3.05) is 17.7 Å². The summed E-state index contributed by atoms with van der Waals surface area (Å²) in [5.41, 5.74) is 12.1. The van der Waals surface area contributed by atoms with Crippen LogP contribution in [-0.4, -0.2) is 23.6 Å². The standard InChI is InChI=1S/C36H38N4O3/c1-5-42-33-21-26(14-17-32(33)43-23(2)3)34(40-28-15-16-31-25(20-28)18-19-38-35(31)37)36(41)39-22-27-11-7-9-13-30(27)29-12-8-6-10-24(29)4/h6-21,23,34,40H,5,22H2,1-4H3,(H2,37,38)(H,39,41). The number of nitrogens with two attached hydrogens (primary N) is 1. The van der Waals surface area contributed by atoms with Crippen molar-refractivity contribution in [3.05, 3.63) is 114 Å². The second kappa shape index (κ2) is 13.3. The molecule has 43 heavy (non-hydrogen) atoms. The van der Waals surface area contributed by atoms with Crippen molar-refractivity contribution in [3.63, 3.8) is 0 Å². The van der Waals surface area contributed by atoms with Crippen molar-refractivity contribution in [3.8, 4) is 22.6 Å². The van der Waals surface area contributed by atoms with E-state index in [2.05, 4.69) is 46.8 Å². The van der Waals surface area contributed by atoms with Crippen LogP contribution < -0.4 is 25.8 Å². The largest absolute Gasteiger partial charge is 0.490 e. The molecule has 4 N–H and O–H groups in total. The van der Waals surface area contributed by atoms with Crippen molar-refractivity contribution in [2.45, 2.75) is 46.4 Å². The molecule has 0 saturated heterocycles. The predicted octanol–water partition coefficient (Wildman–Crippen LogP) is 7.45. The van der Waals surface area contributed by atoms with Crippen LogP contribution in [0.4, 0.5) is 11.5 Å². The van der Waals surface area contributed by atoms with Crippen LogP contribution in [0.1, 0.15) is 43.5 Å². The minimum absolute atomic E-state index is 0.0184. The third-order valence-corrected chi connectivity index (χ3v) is 7.24. The molecule has 1 amide bonds. The number of aromatic nitrogens is 1. The van der Waals surface area contributed by atoms with E-state index in [4.69, 9.17) is 15.2 Å². The number of nitrogens with zero attached hydrogens (tertiary/aromatic N) is 1. The number of hydrogen-bond acceptors (Lipinski definition) is 6. The Morgan fingerprint density at radius 1 is 0.907 bits per heavy atom. The van der Waals surface area contributed by atoms with Crippen LogP contribution in [0.15, 0.2) is 97.2 Å². The van der Waals surface area contributed by atoms with Gasteiger partial charge in [0.1, 0.15) is 11.9 Å². The van der Waals surface area contributed by atoms with Crippen molar-refractivity contribution in [1.82, 2.24) is 10.3 Å². The molecule has 0 saturated carbocycles. The van der Waals surface area contributed by atoms with Crippen molar-refractivity contribution in [1.29, 1.82) is 0 Å². The van der Waals surface area contributed by atoms with E-state index in [1.165, 1.54) is 5.56 Å². The zero-order valence-electron chi connectivity index (χ0n) is 25.1. The lowest BCUT2D eigenvalue weighted by Crippen LogP contribution is -2.33. The third-order valence-electron chi connectivity index (χ3n) is 7.24. The minimum atomic E-state index is -0.713. The maximum atomic E-state index is 14.0. The predicted molar refractivity (Wildman–Crippen MR) is 174 cm³/mol. The van der Waals surface area contributed by atoms with Gasteiger partial charge in [0.25, 0.3) is 0 Å². The van der Waals surface area contributed by atoms with E-state index in [9.17, 15) is 4.79 Å². The lowest BCUT2D eigenvalue weighted by atomic mass is 9.96. The monoisotopic (exact) mass is 574 g/mol. The van der Waals surface area contributed by atoms with E-state index in [-0.39, 0.29) is 12.0 Å². The number of ether oxygens (including phenoxy) is 2. The zero-order valence-corrected chi connectivity index (χ0v) is 25.1. The van der Waals surface area contributed by atoms with Gasteiger partial charge in [0.15, 0.2) is 11.5 Å². The number of aryl methyl sites for hydroxylation is 1. The van der Waals surface area contributed by atoms with Crippen LogP contribution in [-0.2, 0) is 11.3 Å². The smallest absolute Gasteiger partial charge is 0.247 e. The number of carbonyl (C=O) groups is 1. The maximum absolute atomic E-state index is 14.0. The highest BCUT2D eigenvalue weighted by atomic mass is 16.5. The Labute approximate surface area is 253 Å². The van der Waals surface area contributed by atoms with Crippen LogP contribution in [0, 0.1) is 6.92 Å². The summed E-state index contributed by atoms with van der Waals surface area (Å²) in [6.45, 7) is 8.80. The van der Waals surface area contributed by atoms with Crippen LogP contribution in [0.25, 0.3) is 21.9 Å². The summed E-state index contributed by atoms with van der Waals surface area (Å²) in [4.78, 5) is 18.2. The van der Waals surface area contributed by atoms with Gasteiger partial charge in [-0.1, -0.05) is 54.6 Å². The molecule has 5 aromatic rings. The van der Waals surface area contributed by atoms with E-state index in [1.54, 1.807) is 6.20 Å². The number of rotatable bonds is 11. The number of hydrogen-bond donors (Lipinski definition) is 3. The first-order chi connectivity index (χ1) is 20.8. The van der Waals surface area contributed by atoms with Crippen LogP contribution in [0.5, 0.6) is 11.5 Å². The summed E-state index contributed by atoms with van der Waals surface area (Å²) in [7, 11) is 0. The summed E-state index contributed by atoms with van der Waals surface area (Å²) in [6.07, 6.45) is 1.66. The second-order valence-corrected chi connectivity index (χ2v) is 10.7. The summed E-state index contributed by atoms with van der Waals surface area (Å²) in [5, 5.41) is 8.43. The fourth-order valence-electron chi connectivity index (χ4n) is 5.18. The third kappa shape index (κ3) is 6.89. The number of benzene rings is 4. The van der Waals surface area contributed by atoms with Gasteiger partial charge in [-0.15, -0.1) is 0 Å². The van der Waals surface area contributed by atoms with Gasteiger partial charge >= 0.3 is 0 Å². The minimum Gasteiger partial charge on any atom is -0.490 e. The average Bonchev–Trinajstić information content (AvgIpc) is 3.00. The van der Waals surface area contributed by atoms with Gasteiger partial charge in [-0.3, -0.25) is 4.79 Å². The molecule has 1 atom stereocenters. The first-order valence-corrected chi connectivity index (χ1v) is 14.6. The molecule has 7 nitrogen and oxygen atoms in total. The van der Waals surface area contributed by atoms with Crippen molar-refractivity contribution in [2.24, 2.45) is 0 Å². The molecule has 0 aliphatic carbocycles. The van der Waals surface area contributed by atoms with Gasteiger partial charge < -0.3 is 25.8 Å². The molecular formula is C36H38N4O3. The molecule has 0 aliphatic rings. The van der Waals surface area contributed by atoms with E-state index in [0.717, 1.165) is 38.7 Å². The first-order valence-electron chi connectivity index (χ1n) is 14.6. The molecule has 0 spiro atoms. The Hall–Kier alpha value is -5.04. The van der Waals surface area contributed by atoms with E-state index in [0.29, 0.717) is 30.5 Å². The quantitative estimate of drug-likeness (QED) is 0.152. The van der Waals surface area contributed by atoms with Gasteiger partial charge in [-0.05, 0) is 97.3 Å². The molecule has 0 radical (unpaired) electrons. The van der Waals surface area contributed by atoms with Crippen molar-refractivity contribution < 1.29 is 14.3 Å². The number of nitrogen functional groups attached to an aromatic ring is 1. The highest BCUT2D eigenvalue weighted by molar-refractivity contribution is 5.94. The van der Waals surface area contributed by atoms with Crippen LogP contribution >= 0.6 is 0 Å². The number of fused-ring (bicyclic) bond motifs is 1. The van der Waals surface area contributed by atoms with Gasteiger partial charge in [0.2, 0.25) is 5.91 Å². The SMILES string of the molecule is CCOc1cc(C(Nc2ccc3c(N)nccc3c2)C(=O)NCc2ccccc2-c2ccccc2C)ccc1OC(C)C. The molecule has 5 rings (SSSR count). The number of carbonyl (C=O) groups excluding carboxylic acids is 1. The van der Waals surface area contributed by atoms with Crippen molar-refractivity contribution >= 4 is 28.2 Å². The molecule has 0 fully saturated rings.